The average molecular weight is 266 g/mol. The van der Waals surface area contributed by atoms with Gasteiger partial charge in [-0.15, -0.1) is 11.8 Å². The first kappa shape index (κ1) is 14.6. The van der Waals surface area contributed by atoms with E-state index in [1.807, 2.05) is 38.1 Å². The molecule has 1 atom stereocenters. The van der Waals surface area contributed by atoms with Gasteiger partial charge in [0.05, 0.1) is 11.4 Å². The van der Waals surface area contributed by atoms with Gasteiger partial charge in [-0.1, -0.05) is 26.0 Å². The first-order chi connectivity index (χ1) is 8.54. The second-order valence-electron chi connectivity index (χ2n) is 4.05. The van der Waals surface area contributed by atoms with Crippen LogP contribution >= 0.6 is 11.8 Å². The average Bonchev–Trinajstić information content (AvgIpc) is 2.36. The molecule has 0 saturated heterocycles. The van der Waals surface area contributed by atoms with Gasteiger partial charge < -0.3 is 11.1 Å². The number of hydrogen-bond acceptors (Lipinski definition) is 3. The minimum atomic E-state index is -0.372. The van der Waals surface area contributed by atoms with E-state index in [4.69, 9.17) is 5.73 Å². The minimum Gasteiger partial charge on any atom is -0.369 e. The van der Waals surface area contributed by atoms with Gasteiger partial charge in [0.25, 0.3) is 0 Å². The van der Waals surface area contributed by atoms with Crippen LogP contribution in [-0.4, -0.2) is 17.6 Å². The number of benzene rings is 1. The van der Waals surface area contributed by atoms with Crippen molar-refractivity contribution in [2.75, 3.05) is 11.1 Å². The van der Waals surface area contributed by atoms with Gasteiger partial charge in [0.2, 0.25) is 11.8 Å². The first-order valence-electron chi connectivity index (χ1n) is 5.85. The summed E-state index contributed by atoms with van der Waals surface area (Å²) in [5, 5.41) is 2.87. The van der Waals surface area contributed by atoms with Gasteiger partial charge >= 0.3 is 0 Å². The summed E-state index contributed by atoms with van der Waals surface area (Å²) in [6.07, 6.45) is 0.794. The highest BCUT2D eigenvalue weighted by atomic mass is 32.2. The number of carbonyl (C=O) groups excluding carboxylic acids is 2. The lowest BCUT2D eigenvalue weighted by Gasteiger charge is -2.13. The lowest BCUT2D eigenvalue weighted by Crippen LogP contribution is -2.20. The predicted molar refractivity (Wildman–Crippen MR) is 74.4 cm³/mol. The molecule has 0 saturated carbocycles. The molecule has 0 aliphatic rings. The van der Waals surface area contributed by atoms with Crippen LogP contribution in [0.1, 0.15) is 20.3 Å². The van der Waals surface area contributed by atoms with Crippen LogP contribution in [0.25, 0.3) is 0 Å². The highest BCUT2D eigenvalue weighted by Gasteiger charge is 2.12. The van der Waals surface area contributed by atoms with Crippen molar-refractivity contribution in [2.24, 2.45) is 11.7 Å². The van der Waals surface area contributed by atoms with E-state index in [-0.39, 0.29) is 23.5 Å². The van der Waals surface area contributed by atoms with E-state index < -0.39 is 0 Å². The molecular weight excluding hydrogens is 248 g/mol. The molecule has 1 unspecified atom stereocenters. The Morgan fingerprint density at radius 1 is 1.39 bits per heavy atom. The topological polar surface area (TPSA) is 72.2 Å². The molecule has 0 heterocycles. The summed E-state index contributed by atoms with van der Waals surface area (Å²) in [7, 11) is 0. The maximum absolute atomic E-state index is 11.8. The molecule has 4 nitrogen and oxygen atoms in total. The number of anilines is 1. The zero-order valence-electron chi connectivity index (χ0n) is 10.6. The van der Waals surface area contributed by atoms with E-state index >= 15 is 0 Å². The van der Waals surface area contributed by atoms with Crippen molar-refractivity contribution < 1.29 is 9.59 Å². The van der Waals surface area contributed by atoms with Crippen molar-refractivity contribution in [3.05, 3.63) is 24.3 Å². The molecule has 3 N–H and O–H groups in total. The monoisotopic (exact) mass is 266 g/mol. The molecular formula is C13H18N2O2S. The number of nitrogens with one attached hydrogen (secondary N) is 1. The second kappa shape index (κ2) is 7.06. The van der Waals surface area contributed by atoms with Crippen LogP contribution in [0.15, 0.2) is 29.2 Å². The molecule has 0 radical (unpaired) electrons. The molecule has 0 bridgehead atoms. The van der Waals surface area contributed by atoms with E-state index in [2.05, 4.69) is 5.32 Å². The van der Waals surface area contributed by atoms with Crippen molar-refractivity contribution in [3.8, 4) is 0 Å². The Hall–Kier alpha value is -1.49. The number of hydrogen-bond donors (Lipinski definition) is 2. The third-order valence-corrected chi connectivity index (χ3v) is 3.67. The molecule has 2 amide bonds. The summed E-state index contributed by atoms with van der Waals surface area (Å²) in [6.45, 7) is 3.85. The summed E-state index contributed by atoms with van der Waals surface area (Å²) < 4.78 is 0. The molecule has 0 aliphatic heterocycles. The van der Waals surface area contributed by atoms with Crippen LogP contribution in [0.2, 0.25) is 0 Å². The van der Waals surface area contributed by atoms with Crippen molar-refractivity contribution >= 4 is 29.3 Å². The van der Waals surface area contributed by atoms with E-state index in [1.54, 1.807) is 0 Å². The Morgan fingerprint density at radius 2 is 2.06 bits per heavy atom. The van der Waals surface area contributed by atoms with Crippen molar-refractivity contribution in [2.45, 2.75) is 25.2 Å². The highest BCUT2D eigenvalue weighted by Crippen LogP contribution is 2.27. The molecule has 0 aliphatic carbocycles. The summed E-state index contributed by atoms with van der Waals surface area (Å²) in [5.74, 6) is -0.206. The molecule has 1 rings (SSSR count). The number of amides is 2. The molecule has 1 aromatic carbocycles. The quantitative estimate of drug-likeness (QED) is 0.776. The molecule has 0 aromatic heterocycles. The second-order valence-corrected chi connectivity index (χ2v) is 5.07. The van der Waals surface area contributed by atoms with Gasteiger partial charge in [0.15, 0.2) is 0 Å². The van der Waals surface area contributed by atoms with Crippen LogP contribution in [0.5, 0.6) is 0 Å². The third-order valence-electron chi connectivity index (χ3n) is 2.57. The summed E-state index contributed by atoms with van der Waals surface area (Å²) in [6, 6.07) is 7.40. The Labute approximate surface area is 111 Å². The maximum Gasteiger partial charge on any atom is 0.227 e. The van der Waals surface area contributed by atoms with Crippen molar-refractivity contribution in [3.63, 3.8) is 0 Å². The fourth-order valence-corrected chi connectivity index (χ4v) is 2.03. The van der Waals surface area contributed by atoms with E-state index in [0.717, 1.165) is 17.0 Å². The Morgan fingerprint density at radius 3 is 2.67 bits per heavy atom. The zero-order chi connectivity index (χ0) is 13.5. The summed E-state index contributed by atoms with van der Waals surface area (Å²) in [5.41, 5.74) is 5.84. The van der Waals surface area contributed by atoms with E-state index in [0.29, 0.717) is 0 Å². The van der Waals surface area contributed by atoms with Gasteiger partial charge in [-0.05, 0) is 18.6 Å². The van der Waals surface area contributed by atoms with Crippen LogP contribution in [-0.2, 0) is 9.59 Å². The smallest absolute Gasteiger partial charge is 0.227 e. The molecule has 5 heteroatoms. The Bertz CT molecular complexity index is 435. The molecule has 0 fully saturated rings. The van der Waals surface area contributed by atoms with E-state index in [9.17, 15) is 9.59 Å². The standard InChI is InChI=1S/C13H18N2O2S/c1-3-9(2)13(17)15-10-6-4-5-7-11(10)18-8-12(14)16/h4-7,9H,3,8H2,1-2H3,(H2,14,16)(H,15,17). The van der Waals surface area contributed by atoms with Gasteiger partial charge in [-0.2, -0.15) is 0 Å². The summed E-state index contributed by atoms with van der Waals surface area (Å²) >= 11 is 1.33. The summed E-state index contributed by atoms with van der Waals surface area (Å²) in [4.78, 5) is 23.5. The first-order valence-corrected chi connectivity index (χ1v) is 6.84. The predicted octanol–water partition coefficient (Wildman–Crippen LogP) is 2.25. The SMILES string of the molecule is CCC(C)C(=O)Nc1ccccc1SCC(N)=O. The van der Waals surface area contributed by atoms with Crippen molar-refractivity contribution in [1.82, 2.24) is 0 Å². The van der Waals surface area contributed by atoms with Gasteiger partial charge in [0, 0.05) is 10.8 Å². The van der Waals surface area contributed by atoms with Crippen molar-refractivity contribution in [1.29, 1.82) is 0 Å². The molecule has 18 heavy (non-hydrogen) atoms. The number of para-hydroxylation sites is 1. The molecule has 0 spiro atoms. The lowest BCUT2D eigenvalue weighted by molar-refractivity contribution is -0.119. The molecule has 98 valence electrons. The van der Waals surface area contributed by atoms with E-state index in [1.165, 1.54) is 11.8 Å². The van der Waals surface area contributed by atoms with Crippen LogP contribution in [0, 0.1) is 5.92 Å². The van der Waals surface area contributed by atoms with Crippen LogP contribution in [0.4, 0.5) is 5.69 Å². The number of thioether (sulfide) groups is 1. The zero-order valence-corrected chi connectivity index (χ0v) is 11.4. The number of rotatable bonds is 6. The van der Waals surface area contributed by atoms with Gasteiger partial charge in [0.1, 0.15) is 0 Å². The minimum absolute atomic E-state index is 0.00961. The molecule has 1 aromatic rings. The van der Waals surface area contributed by atoms with Gasteiger partial charge in [-0.3, -0.25) is 9.59 Å². The number of carbonyl (C=O) groups is 2. The Balaban J connectivity index is 2.75. The fraction of sp³-hybridized carbons (Fsp3) is 0.385. The largest absolute Gasteiger partial charge is 0.369 e. The van der Waals surface area contributed by atoms with Crippen LogP contribution in [0.3, 0.4) is 0 Å². The Kier molecular flexibility index (Phi) is 5.71. The maximum atomic E-state index is 11.8. The lowest BCUT2D eigenvalue weighted by atomic mass is 10.1. The number of primary amides is 1. The normalized spacial score (nSPS) is 11.9. The fourth-order valence-electron chi connectivity index (χ4n) is 1.29. The number of nitrogens with two attached hydrogens (primary N) is 1. The highest BCUT2D eigenvalue weighted by molar-refractivity contribution is 8.00. The van der Waals surface area contributed by atoms with Gasteiger partial charge in [-0.25, -0.2) is 0 Å². The van der Waals surface area contributed by atoms with Crippen LogP contribution < -0.4 is 11.1 Å². The third kappa shape index (κ3) is 4.41.